The Labute approximate surface area is 118 Å². The Morgan fingerprint density at radius 2 is 1.72 bits per heavy atom. The lowest BCUT2D eigenvalue weighted by Crippen LogP contribution is -2.52. The largest absolute Gasteiger partial charge is 0.392 e. The maximum atomic E-state index is 5.70. The number of nitrogens with two attached hydrogens (primary N) is 1. The fourth-order valence-corrected chi connectivity index (χ4v) is 2.64. The lowest BCUT2D eigenvalue weighted by Gasteiger charge is -2.37. The Morgan fingerprint density at radius 1 is 1.11 bits per heavy atom. The zero-order valence-electron chi connectivity index (χ0n) is 12.0. The first-order valence-corrected chi connectivity index (χ1v) is 7.81. The molecule has 4 heteroatoms. The van der Waals surface area contributed by atoms with Crippen LogP contribution in [0.2, 0.25) is 0 Å². The minimum Gasteiger partial charge on any atom is -0.392 e. The molecular formula is C14H29N3S. The molecule has 1 atom stereocenters. The first-order chi connectivity index (χ1) is 8.65. The monoisotopic (exact) mass is 271 g/mol. The van der Waals surface area contributed by atoms with Gasteiger partial charge in [0.1, 0.15) is 0 Å². The summed E-state index contributed by atoms with van der Waals surface area (Å²) < 4.78 is 0. The standard InChI is InChI=1S/C14H29N3S/c1-3-4-5-6-7-8-16-9-11-17(12-10-16)13(2)14(15)18/h13H,3-12H2,1-2H3,(H2,15,18). The summed E-state index contributed by atoms with van der Waals surface area (Å²) in [5, 5.41) is 0. The molecule has 1 rings (SSSR count). The van der Waals surface area contributed by atoms with E-state index >= 15 is 0 Å². The highest BCUT2D eigenvalue weighted by Gasteiger charge is 2.21. The number of rotatable bonds is 8. The van der Waals surface area contributed by atoms with Crippen molar-refractivity contribution in [1.29, 1.82) is 0 Å². The molecular weight excluding hydrogens is 242 g/mol. The molecule has 0 aromatic carbocycles. The minimum atomic E-state index is 0.256. The fraction of sp³-hybridized carbons (Fsp3) is 0.929. The summed E-state index contributed by atoms with van der Waals surface area (Å²) in [6.45, 7) is 10.2. The smallest absolute Gasteiger partial charge is 0.0899 e. The third kappa shape index (κ3) is 5.63. The van der Waals surface area contributed by atoms with Gasteiger partial charge in [0.25, 0.3) is 0 Å². The van der Waals surface area contributed by atoms with Crippen molar-refractivity contribution in [2.75, 3.05) is 32.7 Å². The van der Waals surface area contributed by atoms with Crippen LogP contribution >= 0.6 is 12.2 Å². The summed E-state index contributed by atoms with van der Waals surface area (Å²) in [6.07, 6.45) is 6.85. The molecule has 2 N–H and O–H groups in total. The van der Waals surface area contributed by atoms with Crippen LogP contribution in [0, 0.1) is 0 Å². The normalized spacial score (nSPS) is 19.9. The number of thiocarbonyl (C=S) groups is 1. The van der Waals surface area contributed by atoms with Gasteiger partial charge >= 0.3 is 0 Å². The molecule has 106 valence electrons. The SMILES string of the molecule is CCCCCCCN1CCN(C(C)C(N)=S)CC1. The molecule has 0 spiro atoms. The van der Waals surface area contributed by atoms with Gasteiger partial charge in [-0.15, -0.1) is 0 Å². The van der Waals surface area contributed by atoms with Crippen LogP contribution in [-0.2, 0) is 0 Å². The summed E-state index contributed by atoms with van der Waals surface area (Å²) >= 11 is 5.06. The maximum Gasteiger partial charge on any atom is 0.0899 e. The van der Waals surface area contributed by atoms with Crippen LogP contribution in [0.1, 0.15) is 46.0 Å². The van der Waals surface area contributed by atoms with E-state index in [0.717, 1.165) is 13.1 Å². The van der Waals surface area contributed by atoms with E-state index in [1.807, 2.05) is 0 Å². The molecule has 0 aromatic heterocycles. The summed E-state index contributed by atoms with van der Waals surface area (Å²) in [7, 11) is 0. The number of hydrogen-bond acceptors (Lipinski definition) is 3. The van der Waals surface area contributed by atoms with Crippen molar-refractivity contribution in [3.05, 3.63) is 0 Å². The molecule has 1 fully saturated rings. The molecule has 0 radical (unpaired) electrons. The quantitative estimate of drug-likeness (QED) is 0.542. The average Bonchev–Trinajstić information content (AvgIpc) is 2.38. The van der Waals surface area contributed by atoms with Crippen molar-refractivity contribution in [3.63, 3.8) is 0 Å². The van der Waals surface area contributed by atoms with E-state index in [2.05, 4.69) is 23.6 Å². The summed E-state index contributed by atoms with van der Waals surface area (Å²) in [5.74, 6) is 0. The highest BCUT2D eigenvalue weighted by molar-refractivity contribution is 7.80. The predicted molar refractivity (Wildman–Crippen MR) is 83.0 cm³/mol. The van der Waals surface area contributed by atoms with Crippen molar-refractivity contribution < 1.29 is 0 Å². The molecule has 1 saturated heterocycles. The third-order valence-electron chi connectivity index (χ3n) is 3.94. The van der Waals surface area contributed by atoms with Crippen molar-refractivity contribution in [2.24, 2.45) is 5.73 Å². The van der Waals surface area contributed by atoms with E-state index in [9.17, 15) is 0 Å². The number of piperazine rings is 1. The van der Waals surface area contributed by atoms with E-state index in [0.29, 0.717) is 4.99 Å². The van der Waals surface area contributed by atoms with Crippen molar-refractivity contribution >= 4 is 17.2 Å². The molecule has 1 heterocycles. The molecule has 0 aliphatic carbocycles. The van der Waals surface area contributed by atoms with Gasteiger partial charge in [-0.05, 0) is 19.9 Å². The van der Waals surface area contributed by atoms with Gasteiger partial charge < -0.3 is 10.6 Å². The molecule has 3 nitrogen and oxygen atoms in total. The maximum absolute atomic E-state index is 5.70. The number of nitrogens with zero attached hydrogens (tertiary/aromatic N) is 2. The predicted octanol–water partition coefficient (Wildman–Crippen LogP) is 2.25. The van der Waals surface area contributed by atoms with Gasteiger partial charge in [0.05, 0.1) is 11.0 Å². The van der Waals surface area contributed by atoms with E-state index in [4.69, 9.17) is 18.0 Å². The Hall–Kier alpha value is -0.190. The van der Waals surface area contributed by atoms with E-state index in [1.54, 1.807) is 0 Å². The van der Waals surface area contributed by atoms with Gasteiger partial charge in [-0.1, -0.05) is 44.8 Å². The Morgan fingerprint density at radius 3 is 2.28 bits per heavy atom. The van der Waals surface area contributed by atoms with Crippen LogP contribution in [0.25, 0.3) is 0 Å². The summed E-state index contributed by atoms with van der Waals surface area (Å²) in [5.41, 5.74) is 5.70. The topological polar surface area (TPSA) is 32.5 Å². The Balaban J connectivity index is 2.10. The third-order valence-corrected chi connectivity index (χ3v) is 4.29. The molecule has 0 bridgehead atoms. The molecule has 1 aliphatic heterocycles. The first-order valence-electron chi connectivity index (χ1n) is 7.41. The highest BCUT2D eigenvalue weighted by atomic mass is 32.1. The zero-order chi connectivity index (χ0) is 13.4. The lowest BCUT2D eigenvalue weighted by atomic mass is 10.1. The Bertz CT molecular complexity index is 237. The molecule has 0 amide bonds. The first kappa shape index (κ1) is 15.9. The van der Waals surface area contributed by atoms with Crippen LogP contribution in [0.15, 0.2) is 0 Å². The second kappa shape index (κ2) is 8.83. The lowest BCUT2D eigenvalue weighted by molar-refractivity contribution is 0.121. The van der Waals surface area contributed by atoms with Gasteiger partial charge in [-0.2, -0.15) is 0 Å². The van der Waals surface area contributed by atoms with Gasteiger partial charge in [0, 0.05) is 26.2 Å². The highest BCUT2D eigenvalue weighted by Crippen LogP contribution is 2.09. The number of unbranched alkanes of at least 4 members (excludes halogenated alkanes) is 4. The van der Waals surface area contributed by atoms with Gasteiger partial charge in [0.2, 0.25) is 0 Å². The van der Waals surface area contributed by atoms with Crippen LogP contribution in [0.3, 0.4) is 0 Å². The van der Waals surface area contributed by atoms with Crippen molar-refractivity contribution in [2.45, 2.75) is 52.0 Å². The molecule has 0 aromatic rings. The minimum absolute atomic E-state index is 0.256. The fourth-order valence-electron chi connectivity index (χ4n) is 2.49. The molecule has 18 heavy (non-hydrogen) atoms. The second-order valence-corrected chi connectivity index (χ2v) is 5.84. The van der Waals surface area contributed by atoms with E-state index in [1.165, 1.54) is 51.7 Å². The van der Waals surface area contributed by atoms with E-state index in [-0.39, 0.29) is 6.04 Å². The molecule has 0 saturated carbocycles. The van der Waals surface area contributed by atoms with E-state index < -0.39 is 0 Å². The van der Waals surface area contributed by atoms with Gasteiger partial charge in [0.15, 0.2) is 0 Å². The zero-order valence-corrected chi connectivity index (χ0v) is 12.8. The molecule has 1 unspecified atom stereocenters. The Kier molecular flexibility index (Phi) is 7.79. The summed E-state index contributed by atoms with van der Waals surface area (Å²) in [4.78, 5) is 5.60. The average molecular weight is 271 g/mol. The van der Waals surface area contributed by atoms with Crippen LogP contribution in [0.5, 0.6) is 0 Å². The number of hydrogen-bond donors (Lipinski definition) is 1. The van der Waals surface area contributed by atoms with Crippen molar-refractivity contribution in [1.82, 2.24) is 9.80 Å². The van der Waals surface area contributed by atoms with Crippen LogP contribution < -0.4 is 5.73 Å². The van der Waals surface area contributed by atoms with Crippen LogP contribution in [0.4, 0.5) is 0 Å². The second-order valence-electron chi connectivity index (χ2n) is 5.37. The van der Waals surface area contributed by atoms with Gasteiger partial charge in [-0.25, -0.2) is 0 Å². The van der Waals surface area contributed by atoms with Crippen LogP contribution in [-0.4, -0.2) is 53.6 Å². The van der Waals surface area contributed by atoms with Gasteiger partial charge in [-0.3, -0.25) is 4.90 Å². The summed E-state index contributed by atoms with van der Waals surface area (Å²) in [6, 6.07) is 0.256. The molecule has 1 aliphatic rings. The van der Waals surface area contributed by atoms with Crippen molar-refractivity contribution in [3.8, 4) is 0 Å².